The normalized spacial score (nSPS) is 11.5. The van der Waals surface area contributed by atoms with Crippen molar-refractivity contribution >= 4 is 17.5 Å². The summed E-state index contributed by atoms with van der Waals surface area (Å²) in [4.78, 5) is 12.1. The molecule has 0 radical (unpaired) electrons. The minimum absolute atomic E-state index is 0.129. The van der Waals surface area contributed by atoms with Crippen LogP contribution in [0.1, 0.15) is 37.2 Å². The third kappa shape index (κ3) is 4.81. The number of nitrogens with one attached hydrogen (secondary N) is 1. The Morgan fingerprint density at radius 2 is 2.13 bits per heavy atom. The summed E-state index contributed by atoms with van der Waals surface area (Å²) in [5, 5.41) is 16.3. The summed E-state index contributed by atoms with van der Waals surface area (Å²) in [7, 11) is 0. The Kier molecular flexibility index (Phi) is 5.80. The maximum Gasteiger partial charge on any atom is 0.273 e. The molecule has 6 heteroatoms. The highest BCUT2D eigenvalue weighted by Gasteiger charge is 2.17. The van der Waals surface area contributed by atoms with Crippen LogP contribution in [0, 0.1) is 5.41 Å². The first-order chi connectivity index (χ1) is 10.9. The average molecular weight is 337 g/mol. The van der Waals surface area contributed by atoms with E-state index < -0.39 is 0 Å². The maximum absolute atomic E-state index is 12.1. The van der Waals surface area contributed by atoms with Crippen molar-refractivity contribution < 1.29 is 14.4 Å². The van der Waals surface area contributed by atoms with E-state index in [1.807, 2.05) is 32.0 Å². The number of halogens is 1. The Balaban J connectivity index is 1.91. The molecule has 0 aliphatic carbocycles. The zero-order valence-corrected chi connectivity index (χ0v) is 14.1. The van der Waals surface area contributed by atoms with Crippen LogP contribution < -0.4 is 5.32 Å². The fourth-order valence-electron chi connectivity index (χ4n) is 2.11. The highest BCUT2D eigenvalue weighted by molar-refractivity contribution is 6.33. The molecule has 124 valence electrons. The highest BCUT2D eigenvalue weighted by Crippen LogP contribution is 2.27. The molecule has 2 N–H and O–H groups in total. The molecule has 1 aromatic carbocycles. The van der Waals surface area contributed by atoms with Crippen LogP contribution in [0.15, 0.2) is 34.9 Å². The van der Waals surface area contributed by atoms with Crippen molar-refractivity contribution in [3.63, 3.8) is 0 Å². The third-order valence-corrected chi connectivity index (χ3v) is 3.96. The number of amides is 1. The first-order valence-corrected chi connectivity index (χ1v) is 7.91. The number of aliphatic hydroxyl groups is 1. The van der Waals surface area contributed by atoms with Crippen LogP contribution in [0.5, 0.6) is 0 Å². The van der Waals surface area contributed by atoms with Gasteiger partial charge in [0.1, 0.15) is 0 Å². The van der Waals surface area contributed by atoms with Gasteiger partial charge in [-0.15, -0.1) is 0 Å². The van der Waals surface area contributed by atoms with Gasteiger partial charge in [0, 0.05) is 24.8 Å². The minimum atomic E-state index is -0.283. The number of aromatic nitrogens is 1. The van der Waals surface area contributed by atoms with Gasteiger partial charge in [0.05, 0.1) is 5.02 Å². The Labute approximate surface area is 140 Å². The Morgan fingerprint density at radius 1 is 1.39 bits per heavy atom. The maximum atomic E-state index is 12.1. The van der Waals surface area contributed by atoms with Crippen molar-refractivity contribution in [1.82, 2.24) is 10.5 Å². The number of nitrogens with zero attached hydrogens (tertiary/aromatic N) is 1. The van der Waals surface area contributed by atoms with Crippen LogP contribution in [0.3, 0.4) is 0 Å². The first-order valence-electron chi connectivity index (χ1n) is 7.53. The lowest BCUT2D eigenvalue weighted by Gasteiger charge is -2.20. The van der Waals surface area contributed by atoms with Gasteiger partial charge in [-0.25, -0.2) is 0 Å². The molecule has 2 aromatic rings. The first kappa shape index (κ1) is 17.5. The minimum Gasteiger partial charge on any atom is -0.396 e. The standard InChI is InChI=1S/C17H21ClN2O3/c1-17(2,11-21)8-5-9-19-16(22)14-10-15(23-20-14)12-6-3-4-7-13(12)18/h3-4,6-7,10,21H,5,8-9,11H2,1-2H3,(H,19,22). The van der Waals surface area contributed by atoms with Gasteiger partial charge in [-0.05, 0) is 30.4 Å². The molecule has 0 fully saturated rings. The third-order valence-electron chi connectivity index (χ3n) is 3.63. The average Bonchev–Trinajstić information content (AvgIpc) is 3.01. The summed E-state index contributed by atoms with van der Waals surface area (Å²) in [5.74, 6) is 0.177. The van der Waals surface area contributed by atoms with Crippen molar-refractivity contribution in [2.24, 2.45) is 5.41 Å². The fraction of sp³-hybridized carbons (Fsp3) is 0.412. The second kappa shape index (κ2) is 7.62. The molecule has 2 rings (SSSR count). The van der Waals surface area contributed by atoms with Crippen LogP contribution in [0.2, 0.25) is 5.02 Å². The smallest absolute Gasteiger partial charge is 0.273 e. The van der Waals surface area contributed by atoms with Gasteiger partial charge in [-0.3, -0.25) is 4.79 Å². The van der Waals surface area contributed by atoms with E-state index in [2.05, 4.69) is 10.5 Å². The molecule has 0 saturated heterocycles. The molecule has 0 spiro atoms. The second-order valence-electron chi connectivity index (χ2n) is 6.24. The monoisotopic (exact) mass is 336 g/mol. The summed E-state index contributed by atoms with van der Waals surface area (Å²) in [6, 6.07) is 8.80. The van der Waals surface area contributed by atoms with Crippen LogP contribution >= 0.6 is 11.6 Å². The van der Waals surface area contributed by atoms with Crippen LogP contribution in [-0.4, -0.2) is 29.3 Å². The molecule has 1 amide bonds. The Hall–Kier alpha value is -1.85. The lowest BCUT2D eigenvalue weighted by molar-refractivity contribution is 0.0939. The van der Waals surface area contributed by atoms with Gasteiger partial charge in [-0.2, -0.15) is 0 Å². The summed E-state index contributed by atoms with van der Waals surface area (Å²) < 4.78 is 5.20. The van der Waals surface area contributed by atoms with Gasteiger partial charge in [0.15, 0.2) is 11.5 Å². The van der Waals surface area contributed by atoms with E-state index in [0.29, 0.717) is 22.9 Å². The molecular formula is C17H21ClN2O3. The largest absolute Gasteiger partial charge is 0.396 e. The van der Waals surface area contributed by atoms with Crippen molar-refractivity contribution in [2.45, 2.75) is 26.7 Å². The lowest BCUT2D eigenvalue weighted by atomic mass is 9.89. The molecule has 1 heterocycles. The summed E-state index contributed by atoms with van der Waals surface area (Å²) in [6.45, 7) is 4.63. The number of rotatable bonds is 7. The highest BCUT2D eigenvalue weighted by atomic mass is 35.5. The zero-order valence-electron chi connectivity index (χ0n) is 13.3. The molecular weight excluding hydrogens is 316 g/mol. The molecule has 0 atom stereocenters. The van der Waals surface area contributed by atoms with Gasteiger partial charge in [0.25, 0.3) is 5.91 Å². The van der Waals surface area contributed by atoms with E-state index >= 15 is 0 Å². The molecule has 0 bridgehead atoms. The number of carbonyl (C=O) groups is 1. The Bertz CT molecular complexity index is 667. The van der Waals surface area contributed by atoms with Crippen molar-refractivity contribution in [2.75, 3.05) is 13.2 Å². The second-order valence-corrected chi connectivity index (χ2v) is 6.65. The van der Waals surface area contributed by atoms with E-state index in [-0.39, 0.29) is 23.6 Å². The van der Waals surface area contributed by atoms with Crippen molar-refractivity contribution in [3.05, 3.63) is 41.0 Å². The van der Waals surface area contributed by atoms with Crippen LogP contribution in [0.4, 0.5) is 0 Å². The zero-order chi connectivity index (χ0) is 16.9. The number of aliphatic hydroxyl groups excluding tert-OH is 1. The summed E-state index contributed by atoms with van der Waals surface area (Å²) in [6.07, 6.45) is 1.61. The summed E-state index contributed by atoms with van der Waals surface area (Å²) in [5.41, 5.74) is 0.794. The van der Waals surface area contributed by atoms with E-state index in [1.54, 1.807) is 12.1 Å². The number of carbonyl (C=O) groups excluding carboxylic acids is 1. The topological polar surface area (TPSA) is 75.4 Å². The molecule has 0 aliphatic rings. The molecule has 0 unspecified atom stereocenters. The molecule has 5 nitrogen and oxygen atoms in total. The lowest BCUT2D eigenvalue weighted by Crippen LogP contribution is -2.26. The molecule has 0 aliphatic heterocycles. The summed E-state index contributed by atoms with van der Waals surface area (Å²) >= 11 is 6.10. The number of benzene rings is 1. The number of hydrogen-bond donors (Lipinski definition) is 2. The van der Waals surface area contributed by atoms with E-state index in [4.69, 9.17) is 16.1 Å². The molecule has 1 aromatic heterocycles. The fourth-order valence-corrected chi connectivity index (χ4v) is 2.34. The predicted octanol–water partition coefficient (Wildman–Crippen LogP) is 3.52. The quantitative estimate of drug-likeness (QED) is 0.758. The Morgan fingerprint density at radius 3 is 2.83 bits per heavy atom. The van der Waals surface area contributed by atoms with E-state index in [9.17, 15) is 9.90 Å². The van der Waals surface area contributed by atoms with Gasteiger partial charge >= 0.3 is 0 Å². The van der Waals surface area contributed by atoms with E-state index in [0.717, 1.165) is 12.8 Å². The van der Waals surface area contributed by atoms with Gasteiger partial charge < -0.3 is 14.9 Å². The SMILES string of the molecule is CC(C)(CO)CCCNC(=O)c1cc(-c2ccccc2Cl)on1. The molecule has 0 saturated carbocycles. The van der Waals surface area contributed by atoms with E-state index in [1.165, 1.54) is 0 Å². The molecule has 23 heavy (non-hydrogen) atoms. The van der Waals surface area contributed by atoms with Crippen LogP contribution in [0.25, 0.3) is 11.3 Å². The predicted molar refractivity (Wildman–Crippen MR) is 89.4 cm³/mol. The number of hydrogen-bond acceptors (Lipinski definition) is 4. The van der Waals surface area contributed by atoms with Gasteiger partial charge in [0.2, 0.25) is 0 Å². The van der Waals surface area contributed by atoms with Crippen molar-refractivity contribution in [3.8, 4) is 11.3 Å². The van der Waals surface area contributed by atoms with Crippen LogP contribution in [-0.2, 0) is 0 Å². The van der Waals surface area contributed by atoms with Gasteiger partial charge in [-0.1, -0.05) is 42.7 Å². The van der Waals surface area contributed by atoms with Crippen molar-refractivity contribution in [1.29, 1.82) is 0 Å².